The number of hydrogen-bond acceptors (Lipinski definition) is 5. The maximum atomic E-state index is 5.90. The van der Waals surface area contributed by atoms with Crippen LogP contribution in [-0.4, -0.2) is 47.7 Å². The van der Waals surface area contributed by atoms with Gasteiger partial charge in [-0.05, 0) is 33.6 Å². The van der Waals surface area contributed by atoms with Crippen molar-refractivity contribution in [1.29, 1.82) is 0 Å². The molecule has 0 bridgehead atoms. The molecule has 0 saturated carbocycles. The maximum absolute atomic E-state index is 5.90. The van der Waals surface area contributed by atoms with Crippen molar-refractivity contribution in [2.75, 3.05) is 33.0 Å². The predicted octanol–water partition coefficient (Wildman–Crippen LogP) is 4.97. The summed E-state index contributed by atoms with van der Waals surface area (Å²) in [5.41, 5.74) is 0. The van der Waals surface area contributed by atoms with Gasteiger partial charge in [0.2, 0.25) is 0 Å². The molecule has 1 rings (SSSR count). The monoisotopic (exact) mass is 373 g/mol. The molecule has 0 amide bonds. The largest absolute Gasteiger partial charge is 0.500 e. The Morgan fingerprint density at radius 2 is 1.32 bits per heavy atom. The molecule has 1 aliphatic rings. The highest BCUT2D eigenvalue weighted by molar-refractivity contribution is 6.60. The van der Waals surface area contributed by atoms with E-state index >= 15 is 0 Å². The zero-order valence-corrected chi connectivity index (χ0v) is 17.7. The van der Waals surface area contributed by atoms with Gasteiger partial charge in [0.25, 0.3) is 0 Å². The van der Waals surface area contributed by atoms with Gasteiger partial charge in [0.05, 0.1) is 6.54 Å². The van der Waals surface area contributed by atoms with Crippen LogP contribution in [0.25, 0.3) is 0 Å². The lowest BCUT2D eigenvalue weighted by Crippen LogP contribution is -2.45. The zero-order valence-electron chi connectivity index (χ0n) is 16.7. The van der Waals surface area contributed by atoms with E-state index in [2.05, 4.69) is 4.99 Å². The van der Waals surface area contributed by atoms with Gasteiger partial charge in [-0.3, -0.25) is 4.99 Å². The van der Waals surface area contributed by atoms with Crippen LogP contribution in [0.15, 0.2) is 4.99 Å². The highest BCUT2D eigenvalue weighted by atomic mass is 28.4. The minimum atomic E-state index is -2.42. The molecule has 0 aromatic rings. The number of hydrogen-bond donors (Lipinski definition) is 0. The van der Waals surface area contributed by atoms with Gasteiger partial charge in [-0.15, -0.1) is 0 Å². The van der Waals surface area contributed by atoms with E-state index in [9.17, 15) is 0 Å². The third-order valence-corrected chi connectivity index (χ3v) is 7.52. The second-order valence-electron chi connectivity index (χ2n) is 6.43. The Balaban J connectivity index is 1.99. The predicted molar refractivity (Wildman–Crippen MR) is 105 cm³/mol. The van der Waals surface area contributed by atoms with Gasteiger partial charge < -0.3 is 18.0 Å². The van der Waals surface area contributed by atoms with Crippen LogP contribution >= 0.6 is 0 Å². The molecule has 0 radical (unpaired) electrons. The summed E-state index contributed by atoms with van der Waals surface area (Å²) in [5, 5.41) is 0. The smallest absolute Gasteiger partial charge is 0.479 e. The third kappa shape index (κ3) is 10.3. The van der Waals surface area contributed by atoms with Crippen molar-refractivity contribution in [3.05, 3.63) is 0 Å². The molecule has 0 aromatic carbocycles. The number of nitrogens with zero attached hydrogens (tertiary/aromatic N) is 1. The van der Waals surface area contributed by atoms with Crippen molar-refractivity contribution < 1.29 is 18.0 Å². The number of aliphatic imine (C=N–C) groups is 1. The number of unbranched alkanes of at least 4 members (excludes halogenated alkanes) is 7. The molecule has 0 unspecified atom stereocenters. The molecule has 0 saturated heterocycles. The molecular formula is C19H39NO4Si. The van der Waals surface area contributed by atoms with Crippen molar-refractivity contribution in [3.63, 3.8) is 0 Å². The average Bonchev–Trinajstić information content (AvgIpc) is 3.11. The molecule has 5 nitrogen and oxygen atoms in total. The molecule has 6 heteroatoms. The molecule has 0 atom stereocenters. The van der Waals surface area contributed by atoms with Gasteiger partial charge in [-0.1, -0.05) is 38.5 Å². The minimum absolute atomic E-state index is 0.670. The Morgan fingerprint density at radius 1 is 0.800 bits per heavy atom. The SMILES string of the molecule is CCO[Si](CCCCCCCCCCC1=NCCO1)(OCC)OCC. The van der Waals surface area contributed by atoms with E-state index in [1.807, 2.05) is 20.8 Å². The topological polar surface area (TPSA) is 49.3 Å². The molecule has 0 aliphatic carbocycles. The van der Waals surface area contributed by atoms with Crippen LogP contribution in [0.2, 0.25) is 6.04 Å². The lowest BCUT2D eigenvalue weighted by atomic mass is 10.1. The highest BCUT2D eigenvalue weighted by Gasteiger charge is 2.39. The lowest BCUT2D eigenvalue weighted by Gasteiger charge is -2.28. The van der Waals surface area contributed by atoms with Gasteiger partial charge in [-0.25, -0.2) is 0 Å². The third-order valence-electron chi connectivity index (χ3n) is 4.36. The van der Waals surface area contributed by atoms with Gasteiger partial charge in [0.15, 0.2) is 5.90 Å². The normalized spacial score (nSPS) is 14.6. The minimum Gasteiger partial charge on any atom is -0.479 e. The Morgan fingerprint density at radius 3 is 1.80 bits per heavy atom. The van der Waals surface area contributed by atoms with Gasteiger partial charge in [0, 0.05) is 32.3 Å². The first-order chi connectivity index (χ1) is 12.3. The fraction of sp³-hybridized carbons (Fsp3) is 0.947. The molecule has 0 aromatic heterocycles. The molecule has 0 fully saturated rings. The Kier molecular flexibility index (Phi) is 13.3. The quantitative estimate of drug-likeness (QED) is 0.267. The summed E-state index contributed by atoms with van der Waals surface area (Å²) in [6.45, 7) is 9.71. The van der Waals surface area contributed by atoms with E-state index in [4.69, 9.17) is 18.0 Å². The summed E-state index contributed by atoms with van der Waals surface area (Å²) in [6, 6.07) is 0.949. The van der Waals surface area contributed by atoms with Gasteiger partial charge >= 0.3 is 8.80 Å². The summed E-state index contributed by atoms with van der Waals surface area (Å²) >= 11 is 0. The van der Waals surface area contributed by atoms with Crippen LogP contribution in [0.4, 0.5) is 0 Å². The molecule has 0 spiro atoms. The van der Waals surface area contributed by atoms with Crippen LogP contribution in [0.3, 0.4) is 0 Å². The number of ether oxygens (including phenoxy) is 1. The van der Waals surface area contributed by atoms with Gasteiger partial charge in [-0.2, -0.15) is 0 Å². The molecular weight excluding hydrogens is 334 g/mol. The van der Waals surface area contributed by atoms with Crippen LogP contribution in [0, 0.1) is 0 Å². The maximum Gasteiger partial charge on any atom is 0.500 e. The first-order valence-corrected chi connectivity index (χ1v) is 12.3. The second-order valence-corrected chi connectivity index (χ2v) is 9.17. The Hall–Kier alpha value is -0.433. The van der Waals surface area contributed by atoms with Crippen molar-refractivity contribution in [3.8, 4) is 0 Å². The molecule has 148 valence electrons. The van der Waals surface area contributed by atoms with E-state index in [0.717, 1.165) is 37.9 Å². The molecule has 1 heterocycles. The van der Waals surface area contributed by atoms with E-state index < -0.39 is 8.80 Å². The lowest BCUT2D eigenvalue weighted by molar-refractivity contribution is 0.0706. The van der Waals surface area contributed by atoms with Crippen LogP contribution < -0.4 is 0 Å². The van der Waals surface area contributed by atoms with Crippen LogP contribution in [0.5, 0.6) is 0 Å². The van der Waals surface area contributed by atoms with Crippen LogP contribution in [-0.2, 0) is 18.0 Å². The van der Waals surface area contributed by atoms with Crippen molar-refractivity contribution >= 4 is 14.7 Å². The fourth-order valence-electron chi connectivity index (χ4n) is 3.21. The summed E-state index contributed by atoms with van der Waals surface area (Å²) in [4.78, 5) is 4.33. The van der Waals surface area contributed by atoms with Crippen LogP contribution in [0.1, 0.15) is 78.6 Å². The van der Waals surface area contributed by atoms with Crippen molar-refractivity contribution in [2.24, 2.45) is 4.99 Å². The fourth-order valence-corrected chi connectivity index (χ4v) is 5.90. The molecule has 0 N–H and O–H groups in total. The first kappa shape index (κ1) is 22.6. The average molecular weight is 374 g/mol. The number of rotatable bonds is 17. The van der Waals surface area contributed by atoms with Crippen molar-refractivity contribution in [2.45, 2.75) is 84.6 Å². The standard InChI is InChI=1S/C19H39NO4Si/c1-4-22-25(23-5-2,24-6-3)18-14-12-10-8-7-9-11-13-15-19-20-16-17-21-19/h4-18H2,1-3H3. The summed E-state index contributed by atoms with van der Waals surface area (Å²) in [5.74, 6) is 0.977. The Labute approximate surface area is 155 Å². The first-order valence-electron chi connectivity index (χ1n) is 10.3. The summed E-state index contributed by atoms with van der Waals surface area (Å²) in [6.07, 6.45) is 11.2. The van der Waals surface area contributed by atoms with E-state index in [-0.39, 0.29) is 0 Å². The Bertz CT molecular complexity index is 335. The zero-order chi connectivity index (χ0) is 18.2. The summed E-state index contributed by atoms with van der Waals surface area (Å²) < 4.78 is 23.1. The van der Waals surface area contributed by atoms with Crippen molar-refractivity contribution in [1.82, 2.24) is 0 Å². The van der Waals surface area contributed by atoms with E-state index in [1.165, 1.54) is 44.9 Å². The van der Waals surface area contributed by atoms with Gasteiger partial charge in [0.1, 0.15) is 6.61 Å². The second kappa shape index (κ2) is 14.7. The summed E-state index contributed by atoms with van der Waals surface area (Å²) in [7, 11) is -2.42. The van der Waals surface area contributed by atoms with E-state index in [0.29, 0.717) is 19.8 Å². The molecule has 1 aliphatic heterocycles. The van der Waals surface area contributed by atoms with E-state index in [1.54, 1.807) is 0 Å². The molecule has 25 heavy (non-hydrogen) atoms. The highest BCUT2D eigenvalue weighted by Crippen LogP contribution is 2.21.